The van der Waals surface area contributed by atoms with E-state index in [4.69, 9.17) is 4.98 Å². The summed E-state index contributed by atoms with van der Waals surface area (Å²) in [4.78, 5) is 6.47. The summed E-state index contributed by atoms with van der Waals surface area (Å²) in [7, 11) is 0. The van der Waals surface area contributed by atoms with Crippen LogP contribution in [0, 0.1) is 12.8 Å². The van der Waals surface area contributed by atoms with Gasteiger partial charge in [-0.25, -0.2) is 0 Å². The lowest BCUT2D eigenvalue weighted by molar-refractivity contribution is 0.649. The maximum Gasteiger partial charge on any atom is 0.0795 e. The molecule has 3 heteroatoms. The quantitative estimate of drug-likeness (QED) is 0.245. The van der Waals surface area contributed by atoms with E-state index in [0.717, 1.165) is 12.1 Å². The zero-order valence-electron chi connectivity index (χ0n) is 20.4. The number of nitrogens with zero attached hydrogens (tertiary/aromatic N) is 1. The highest BCUT2D eigenvalue weighted by molar-refractivity contribution is 7.26. The summed E-state index contributed by atoms with van der Waals surface area (Å²) >= 11 is 3.84. The molecule has 3 aromatic heterocycles. The Hall–Kier alpha value is -2.75. The Kier molecular flexibility index (Phi) is 5.24. The van der Waals surface area contributed by atoms with Crippen molar-refractivity contribution >= 4 is 63.7 Å². The van der Waals surface area contributed by atoms with Gasteiger partial charge in [0.25, 0.3) is 0 Å². The van der Waals surface area contributed by atoms with E-state index in [2.05, 4.69) is 89.2 Å². The molecule has 0 aliphatic carbocycles. The van der Waals surface area contributed by atoms with E-state index >= 15 is 0 Å². The van der Waals surface area contributed by atoms with Crippen LogP contribution in [0.25, 0.3) is 52.3 Å². The van der Waals surface area contributed by atoms with Gasteiger partial charge in [-0.05, 0) is 77.4 Å². The number of fused-ring (bicyclic) bond motifs is 6. The molecule has 0 atom stereocenters. The lowest BCUT2D eigenvalue weighted by Gasteiger charge is -2.14. The fourth-order valence-corrected chi connectivity index (χ4v) is 7.61. The summed E-state index contributed by atoms with van der Waals surface area (Å²) in [6.45, 7) is 11.5. The van der Waals surface area contributed by atoms with Crippen molar-refractivity contribution in [2.75, 3.05) is 0 Å². The van der Waals surface area contributed by atoms with E-state index in [-0.39, 0.29) is 0 Å². The van der Waals surface area contributed by atoms with Crippen LogP contribution in [0.15, 0.2) is 60.8 Å². The summed E-state index contributed by atoms with van der Waals surface area (Å²) < 4.78 is 4.09. The minimum absolute atomic E-state index is 0.451. The molecule has 0 unspecified atom stereocenters. The predicted molar refractivity (Wildman–Crippen MR) is 153 cm³/mol. The van der Waals surface area contributed by atoms with Crippen LogP contribution in [0.3, 0.4) is 0 Å². The molecule has 0 saturated heterocycles. The van der Waals surface area contributed by atoms with Crippen molar-refractivity contribution in [3.05, 3.63) is 76.8 Å². The minimum Gasteiger partial charge on any atom is -0.256 e. The third-order valence-corrected chi connectivity index (χ3v) is 9.14. The Morgan fingerprint density at radius 3 is 2.29 bits per heavy atom. The van der Waals surface area contributed by atoms with E-state index in [9.17, 15) is 0 Å². The molecule has 6 aromatic rings. The topological polar surface area (TPSA) is 12.9 Å². The molecule has 170 valence electrons. The molecule has 0 saturated carbocycles. The highest BCUT2D eigenvalue weighted by Gasteiger charge is 2.20. The maximum atomic E-state index is 5.02. The second-order valence-electron chi connectivity index (χ2n) is 10.1. The van der Waals surface area contributed by atoms with Crippen molar-refractivity contribution in [1.29, 1.82) is 0 Å². The van der Waals surface area contributed by atoms with Crippen LogP contribution in [0.1, 0.15) is 49.6 Å². The number of hydrogen-bond acceptors (Lipinski definition) is 3. The van der Waals surface area contributed by atoms with Gasteiger partial charge in [0.05, 0.1) is 5.69 Å². The maximum absolute atomic E-state index is 5.02. The van der Waals surface area contributed by atoms with E-state index < -0.39 is 0 Å². The largest absolute Gasteiger partial charge is 0.256 e. The Balaban J connectivity index is 1.74. The summed E-state index contributed by atoms with van der Waals surface area (Å²) in [6, 6.07) is 20.3. The van der Waals surface area contributed by atoms with Crippen molar-refractivity contribution in [3.8, 4) is 11.3 Å². The molecule has 0 radical (unpaired) electrons. The van der Waals surface area contributed by atoms with Gasteiger partial charge < -0.3 is 0 Å². The van der Waals surface area contributed by atoms with Gasteiger partial charge in [-0.15, -0.1) is 22.7 Å². The number of aromatic nitrogens is 1. The predicted octanol–water partition coefficient (Wildman–Crippen LogP) is 10.1. The number of hydrogen-bond donors (Lipinski definition) is 0. The van der Waals surface area contributed by atoms with Gasteiger partial charge in [0.2, 0.25) is 0 Å². The lowest BCUT2D eigenvalue weighted by Crippen LogP contribution is -1.95. The number of pyridine rings is 1. The van der Waals surface area contributed by atoms with Crippen molar-refractivity contribution in [3.63, 3.8) is 0 Å². The highest BCUT2D eigenvalue weighted by Crippen LogP contribution is 2.46. The van der Waals surface area contributed by atoms with Crippen LogP contribution in [0.4, 0.5) is 0 Å². The molecule has 0 aliphatic rings. The van der Waals surface area contributed by atoms with Gasteiger partial charge >= 0.3 is 0 Å². The Labute approximate surface area is 209 Å². The molecule has 3 heterocycles. The first-order valence-electron chi connectivity index (χ1n) is 12.2. The van der Waals surface area contributed by atoms with Crippen molar-refractivity contribution < 1.29 is 0 Å². The molecule has 3 aromatic carbocycles. The van der Waals surface area contributed by atoms with E-state index in [1.54, 1.807) is 0 Å². The first-order chi connectivity index (χ1) is 16.4. The molecule has 0 N–H and O–H groups in total. The molecule has 0 amide bonds. The summed E-state index contributed by atoms with van der Waals surface area (Å²) in [6.07, 6.45) is 3.10. The molecular formula is C31H29NS2. The fourth-order valence-electron chi connectivity index (χ4n) is 5.40. The Morgan fingerprint density at radius 1 is 0.794 bits per heavy atom. The fraction of sp³-hybridized carbons (Fsp3) is 0.258. The zero-order chi connectivity index (χ0) is 23.6. The average molecular weight is 480 g/mol. The van der Waals surface area contributed by atoms with Gasteiger partial charge in [0, 0.05) is 46.9 Å². The molecular weight excluding hydrogens is 450 g/mol. The molecule has 6 rings (SSSR count). The molecule has 34 heavy (non-hydrogen) atoms. The number of benzene rings is 3. The molecule has 1 nitrogen and oxygen atoms in total. The molecule has 0 fully saturated rings. The Morgan fingerprint density at radius 2 is 1.53 bits per heavy atom. The third kappa shape index (κ3) is 3.37. The first kappa shape index (κ1) is 21.8. The van der Waals surface area contributed by atoms with E-state index in [1.165, 1.54) is 62.6 Å². The summed E-state index contributed by atoms with van der Waals surface area (Å²) in [5.41, 5.74) is 5.25. The van der Waals surface area contributed by atoms with Gasteiger partial charge in [-0.1, -0.05) is 52.0 Å². The zero-order valence-corrected chi connectivity index (χ0v) is 22.0. The average Bonchev–Trinajstić information content (AvgIpc) is 3.34. The van der Waals surface area contributed by atoms with Crippen molar-refractivity contribution in [1.82, 2.24) is 4.98 Å². The number of thiophene rings is 2. The van der Waals surface area contributed by atoms with Gasteiger partial charge in [0.15, 0.2) is 0 Å². The van der Waals surface area contributed by atoms with Crippen LogP contribution in [0.5, 0.6) is 0 Å². The summed E-state index contributed by atoms with van der Waals surface area (Å²) in [5.74, 6) is 1.08. The highest BCUT2D eigenvalue weighted by atomic mass is 32.1. The van der Waals surface area contributed by atoms with E-state index in [1.807, 2.05) is 28.9 Å². The van der Waals surface area contributed by atoms with Gasteiger partial charge in [-0.3, -0.25) is 4.98 Å². The van der Waals surface area contributed by atoms with Gasteiger partial charge in [-0.2, -0.15) is 0 Å². The summed E-state index contributed by atoms with van der Waals surface area (Å²) in [5, 5.41) is 6.82. The molecule has 0 aliphatic heterocycles. The number of rotatable bonds is 4. The van der Waals surface area contributed by atoms with Crippen LogP contribution in [0.2, 0.25) is 0 Å². The van der Waals surface area contributed by atoms with Crippen LogP contribution >= 0.6 is 22.7 Å². The van der Waals surface area contributed by atoms with Crippen LogP contribution in [-0.2, 0) is 6.42 Å². The molecule has 0 bridgehead atoms. The second-order valence-corrected chi connectivity index (χ2v) is 12.5. The van der Waals surface area contributed by atoms with E-state index in [0.29, 0.717) is 11.8 Å². The standard InChI is InChI=1S/C31H29NS2/c1-17(2)14-24-19(5)33-25-10-11-26-29(28(24)25)30-27(34-26)12-13-32-31(30)21-15-20-8-6-7-9-22(20)23(16-21)18(3)4/h6-13,15-18H,14H2,1-5H3. The van der Waals surface area contributed by atoms with Crippen LogP contribution in [-0.4, -0.2) is 4.98 Å². The monoisotopic (exact) mass is 479 g/mol. The second kappa shape index (κ2) is 8.18. The Bertz CT molecular complexity index is 1700. The SMILES string of the molecule is Cc1sc2ccc3sc4ccnc(-c5cc(C(C)C)c6ccccc6c5)c4c3c2c1CC(C)C. The van der Waals surface area contributed by atoms with Crippen molar-refractivity contribution in [2.45, 2.75) is 47.0 Å². The van der Waals surface area contributed by atoms with Crippen molar-refractivity contribution in [2.24, 2.45) is 5.92 Å². The normalized spacial score (nSPS) is 12.3. The van der Waals surface area contributed by atoms with Crippen LogP contribution < -0.4 is 0 Å². The number of aryl methyl sites for hydroxylation is 1. The lowest BCUT2D eigenvalue weighted by atomic mass is 9.91. The molecule has 0 spiro atoms. The smallest absolute Gasteiger partial charge is 0.0795 e. The third-order valence-electron chi connectivity index (χ3n) is 6.90. The van der Waals surface area contributed by atoms with Gasteiger partial charge in [0.1, 0.15) is 0 Å². The minimum atomic E-state index is 0.451. The first-order valence-corrected chi connectivity index (χ1v) is 13.8.